The molecule has 102 valence electrons. The van der Waals surface area contributed by atoms with Gasteiger partial charge >= 0.3 is 0 Å². The number of rotatable bonds is 0. The molecule has 4 saturated heterocycles. The Morgan fingerprint density at radius 3 is 2.83 bits per heavy atom. The SMILES string of the molecule is [O-][N@+]12CCCCC1[C@@H]1CC(C2)C2CCCCN2C1. The van der Waals surface area contributed by atoms with Crippen molar-refractivity contribution in [2.45, 2.75) is 57.0 Å². The molecule has 0 N–H and O–H groups in total. The molecule has 0 saturated carbocycles. The second-order valence-electron chi connectivity index (χ2n) is 7.24. The summed E-state index contributed by atoms with van der Waals surface area (Å²) in [5.41, 5.74) is 0. The zero-order valence-electron chi connectivity index (χ0n) is 11.4. The van der Waals surface area contributed by atoms with Crippen LogP contribution < -0.4 is 0 Å². The third kappa shape index (κ3) is 1.67. The number of hydrogen-bond acceptors (Lipinski definition) is 2. The molecule has 0 spiro atoms. The molecule has 4 heterocycles. The Labute approximate surface area is 110 Å². The molecule has 0 aliphatic carbocycles. The van der Waals surface area contributed by atoms with Crippen LogP contribution in [0.2, 0.25) is 0 Å². The largest absolute Gasteiger partial charge is 0.633 e. The summed E-state index contributed by atoms with van der Waals surface area (Å²) in [6, 6.07) is 1.22. The van der Waals surface area contributed by atoms with Crippen molar-refractivity contribution in [1.29, 1.82) is 0 Å². The lowest BCUT2D eigenvalue weighted by atomic mass is 9.70. The minimum Gasteiger partial charge on any atom is -0.633 e. The molecule has 4 fully saturated rings. The minimum absolute atomic E-state index is 0.194. The lowest BCUT2D eigenvalue weighted by Crippen LogP contribution is -2.69. The highest BCUT2D eigenvalue weighted by Gasteiger charge is 2.51. The number of hydrogen-bond donors (Lipinski definition) is 0. The van der Waals surface area contributed by atoms with Crippen LogP contribution in [0.5, 0.6) is 0 Å². The molecule has 3 unspecified atom stereocenters. The maximum absolute atomic E-state index is 13.1. The summed E-state index contributed by atoms with van der Waals surface area (Å²) in [4.78, 5) is 2.75. The molecule has 0 amide bonds. The van der Waals surface area contributed by atoms with E-state index in [1.54, 1.807) is 0 Å². The Morgan fingerprint density at radius 1 is 1.00 bits per heavy atom. The first-order chi connectivity index (χ1) is 8.76. The lowest BCUT2D eigenvalue weighted by molar-refractivity contribution is -0.925. The summed E-state index contributed by atoms with van der Waals surface area (Å²) in [5, 5.41) is 13.1. The molecule has 4 rings (SSSR count). The molecule has 0 aromatic carbocycles. The Morgan fingerprint density at radius 2 is 1.89 bits per heavy atom. The standard InChI is InChI=1S/C15H26N2O/c18-17-8-4-2-6-15(17)12-9-13(11-17)14-5-1-3-7-16(14)10-12/h12-15H,1-11H2/t12-,13?,14?,15?,17+/m1/s1. The van der Waals surface area contributed by atoms with E-state index in [0.29, 0.717) is 6.04 Å². The van der Waals surface area contributed by atoms with Crippen LogP contribution in [0, 0.1) is 17.0 Å². The third-order valence-corrected chi connectivity index (χ3v) is 6.26. The van der Waals surface area contributed by atoms with Crippen LogP contribution in [0.25, 0.3) is 0 Å². The van der Waals surface area contributed by atoms with E-state index < -0.39 is 0 Å². The normalized spacial score (nSPS) is 52.5. The minimum atomic E-state index is 0.194. The maximum atomic E-state index is 13.1. The summed E-state index contributed by atoms with van der Waals surface area (Å²) >= 11 is 0. The van der Waals surface area contributed by atoms with Gasteiger partial charge in [0, 0.05) is 30.8 Å². The summed E-state index contributed by atoms with van der Waals surface area (Å²) < 4.78 is 0.194. The maximum Gasteiger partial charge on any atom is 0.0928 e. The fourth-order valence-corrected chi connectivity index (χ4v) is 5.55. The van der Waals surface area contributed by atoms with E-state index in [9.17, 15) is 5.21 Å². The van der Waals surface area contributed by atoms with E-state index in [1.165, 1.54) is 58.0 Å². The molecule has 4 aliphatic heterocycles. The molecule has 0 aromatic heterocycles. The van der Waals surface area contributed by atoms with E-state index in [0.717, 1.165) is 31.0 Å². The number of quaternary nitrogens is 1. The molecule has 5 atom stereocenters. The van der Waals surface area contributed by atoms with Crippen molar-refractivity contribution in [2.75, 3.05) is 26.2 Å². The van der Waals surface area contributed by atoms with Crippen LogP contribution in [-0.4, -0.2) is 47.8 Å². The monoisotopic (exact) mass is 250 g/mol. The van der Waals surface area contributed by atoms with E-state index in [2.05, 4.69) is 4.90 Å². The highest BCUT2D eigenvalue weighted by Crippen LogP contribution is 2.45. The first kappa shape index (κ1) is 11.7. The van der Waals surface area contributed by atoms with Crippen molar-refractivity contribution in [3.05, 3.63) is 5.21 Å². The average molecular weight is 250 g/mol. The summed E-state index contributed by atoms with van der Waals surface area (Å²) in [6.07, 6.45) is 9.20. The Hall–Kier alpha value is -0.120. The topological polar surface area (TPSA) is 26.3 Å². The summed E-state index contributed by atoms with van der Waals surface area (Å²) in [5.74, 6) is 1.44. The zero-order valence-corrected chi connectivity index (χ0v) is 11.4. The second kappa shape index (κ2) is 4.19. The Kier molecular flexibility index (Phi) is 2.72. The van der Waals surface area contributed by atoms with E-state index in [1.807, 2.05) is 0 Å². The predicted molar refractivity (Wildman–Crippen MR) is 71.8 cm³/mol. The van der Waals surface area contributed by atoms with Crippen molar-refractivity contribution < 1.29 is 4.65 Å². The first-order valence-electron chi connectivity index (χ1n) is 8.08. The van der Waals surface area contributed by atoms with Crippen LogP contribution in [0.3, 0.4) is 0 Å². The van der Waals surface area contributed by atoms with E-state index in [4.69, 9.17) is 0 Å². The predicted octanol–water partition coefficient (Wildman–Crippen LogP) is 2.36. The highest BCUT2D eigenvalue weighted by molar-refractivity contribution is 4.96. The van der Waals surface area contributed by atoms with Crippen LogP contribution in [0.1, 0.15) is 44.9 Å². The van der Waals surface area contributed by atoms with Gasteiger partial charge in [0.2, 0.25) is 0 Å². The average Bonchev–Trinajstić information content (AvgIpc) is 2.38. The van der Waals surface area contributed by atoms with E-state index >= 15 is 0 Å². The van der Waals surface area contributed by atoms with Gasteiger partial charge in [0.1, 0.15) is 0 Å². The van der Waals surface area contributed by atoms with Gasteiger partial charge in [-0.05, 0) is 38.6 Å². The van der Waals surface area contributed by atoms with Crippen LogP contribution in [0.4, 0.5) is 0 Å². The fourth-order valence-electron chi connectivity index (χ4n) is 5.55. The Bertz CT molecular complexity index is 334. The zero-order chi connectivity index (χ0) is 12.2. The summed E-state index contributed by atoms with van der Waals surface area (Å²) in [7, 11) is 0. The van der Waals surface area contributed by atoms with Gasteiger partial charge < -0.3 is 9.85 Å². The van der Waals surface area contributed by atoms with Gasteiger partial charge in [-0.2, -0.15) is 0 Å². The smallest absolute Gasteiger partial charge is 0.0928 e. The number of piperidine rings is 4. The quantitative estimate of drug-likeness (QED) is 0.487. The van der Waals surface area contributed by atoms with Gasteiger partial charge in [0.15, 0.2) is 0 Å². The Balaban J connectivity index is 1.61. The number of fused-ring (bicyclic) bond motifs is 6. The fraction of sp³-hybridized carbons (Fsp3) is 1.00. The second-order valence-corrected chi connectivity index (χ2v) is 7.24. The molecule has 3 heteroatoms. The van der Waals surface area contributed by atoms with Crippen molar-refractivity contribution in [2.24, 2.45) is 11.8 Å². The van der Waals surface area contributed by atoms with Crippen LogP contribution in [0.15, 0.2) is 0 Å². The molecular weight excluding hydrogens is 224 g/mol. The van der Waals surface area contributed by atoms with Crippen molar-refractivity contribution in [3.8, 4) is 0 Å². The van der Waals surface area contributed by atoms with Gasteiger partial charge in [0.05, 0.1) is 19.1 Å². The lowest BCUT2D eigenvalue weighted by Gasteiger charge is -2.63. The van der Waals surface area contributed by atoms with Crippen molar-refractivity contribution in [3.63, 3.8) is 0 Å². The highest BCUT2D eigenvalue weighted by atomic mass is 16.5. The van der Waals surface area contributed by atoms with Gasteiger partial charge in [-0.3, -0.25) is 4.90 Å². The molecule has 4 aliphatic rings. The molecule has 18 heavy (non-hydrogen) atoms. The van der Waals surface area contributed by atoms with Gasteiger partial charge in [-0.1, -0.05) is 6.42 Å². The molecule has 0 radical (unpaired) electrons. The molecule has 3 nitrogen and oxygen atoms in total. The van der Waals surface area contributed by atoms with Gasteiger partial charge in [0.25, 0.3) is 0 Å². The molecule has 0 aromatic rings. The number of hydroxylamine groups is 3. The summed E-state index contributed by atoms with van der Waals surface area (Å²) in [6.45, 7) is 4.42. The molecular formula is C15H26N2O. The van der Waals surface area contributed by atoms with E-state index in [-0.39, 0.29) is 4.65 Å². The third-order valence-electron chi connectivity index (χ3n) is 6.26. The van der Waals surface area contributed by atoms with Crippen molar-refractivity contribution in [1.82, 2.24) is 4.90 Å². The first-order valence-corrected chi connectivity index (χ1v) is 8.08. The van der Waals surface area contributed by atoms with Crippen LogP contribution >= 0.6 is 0 Å². The van der Waals surface area contributed by atoms with Crippen LogP contribution in [-0.2, 0) is 0 Å². The van der Waals surface area contributed by atoms with Gasteiger partial charge in [-0.25, -0.2) is 0 Å². The van der Waals surface area contributed by atoms with Gasteiger partial charge in [-0.15, -0.1) is 0 Å². The number of nitrogens with zero attached hydrogens (tertiary/aromatic N) is 2. The molecule has 2 bridgehead atoms. The van der Waals surface area contributed by atoms with Crippen molar-refractivity contribution >= 4 is 0 Å².